The highest BCUT2D eigenvalue weighted by Crippen LogP contribution is 2.23. The minimum Gasteiger partial charge on any atom is -0.497 e. The standard InChI is InChI=1S/C27H37NO8/c1-27(2,3)36-26(30)28-22(16-33-14-18-6-10-20(31-4)11-7-18)25(24(29)23-17-34-23)35-15-19-8-12-21(32-5)13-9-19/h6-13,22-25,29H,14-17H2,1-5H3,(H,28,30)/t22-,23-,24+,25+/m1/s1. The van der Waals surface area contributed by atoms with Gasteiger partial charge in [0.05, 0.1) is 46.7 Å². The fraction of sp³-hybridized carbons (Fsp3) is 0.519. The third kappa shape index (κ3) is 8.98. The number of aliphatic hydroxyl groups is 1. The number of nitrogens with one attached hydrogen (secondary N) is 1. The molecule has 9 nitrogen and oxygen atoms in total. The van der Waals surface area contributed by atoms with Crippen LogP contribution in [-0.2, 0) is 32.2 Å². The van der Waals surface area contributed by atoms with Gasteiger partial charge in [0.1, 0.15) is 35.4 Å². The minimum atomic E-state index is -0.965. The van der Waals surface area contributed by atoms with Crippen LogP contribution in [0.4, 0.5) is 4.79 Å². The van der Waals surface area contributed by atoms with Gasteiger partial charge < -0.3 is 38.8 Å². The first kappa shape index (κ1) is 27.7. The van der Waals surface area contributed by atoms with E-state index in [9.17, 15) is 9.90 Å². The van der Waals surface area contributed by atoms with Crippen LogP contribution in [0.15, 0.2) is 48.5 Å². The van der Waals surface area contributed by atoms with Gasteiger partial charge in [-0.3, -0.25) is 0 Å². The zero-order valence-electron chi connectivity index (χ0n) is 21.6. The molecule has 198 valence electrons. The highest BCUT2D eigenvalue weighted by molar-refractivity contribution is 5.68. The van der Waals surface area contributed by atoms with Crippen LogP contribution in [-0.4, -0.2) is 68.6 Å². The van der Waals surface area contributed by atoms with Gasteiger partial charge in [0.2, 0.25) is 0 Å². The zero-order chi connectivity index (χ0) is 26.1. The molecule has 2 aromatic carbocycles. The summed E-state index contributed by atoms with van der Waals surface area (Å²) in [6, 6.07) is 14.2. The maximum atomic E-state index is 12.6. The normalized spacial score (nSPS) is 17.6. The summed E-state index contributed by atoms with van der Waals surface area (Å²) < 4.78 is 33.3. The van der Waals surface area contributed by atoms with Gasteiger partial charge >= 0.3 is 6.09 Å². The van der Waals surface area contributed by atoms with Crippen LogP contribution < -0.4 is 14.8 Å². The molecular formula is C27H37NO8. The molecule has 2 aromatic rings. The van der Waals surface area contributed by atoms with Crippen LogP contribution in [0.3, 0.4) is 0 Å². The van der Waals surface area contributed by atoms with Crippen molar-refractivity contribution in [2.75, 3.05) is 27.4 Å². The molecule has 0 aliphatic carbocycles. The van der Waals surface area contributed by atoms with Crippen molar-refractivity contribution in [2.24, 2.45) is 0 Å². The average molecular weight is 504 g/mol. The number of hydrogen-bond donors (Lipinski definition) is 2. The monoisotopic (exact) mass is 503 g/mol. The van der Waals surface area contributed by atoms with E-state index in [-0.39, 0.29) is 19.3 Å². The Labute approximate surface area is 212 Å². The molecule has 4 atom stereocenters. The number of rotatable bonds is 13. The molecule has 0 unspecified atom stereocenters. The van der Waals surface area contributed by atoms with Gasteiger partial charge in [0.25, 0.3) is 0 Å². The van der Waals surface area contributed by atoms with Crippen molar-refractivity contribution in [2.45, 2.75) is 63.9 Å². The molecule has 9 heteroatoms. The molecular weight excluding hydrogens is 466 g/mol. The summed E-state index contributed by atoms with van der Waals surface area (Å²) in [6.07, 6.45) is -2.76. The van der Waals surface area contributed by atoms with Gasteiger partial charge in [0, 0.05) is 0 Å². The van der Waals surface area contributed by atoms with Crippen LogP contribution in [0.1, 0.15) is 31.9 Å². The molecule has 3 rings (SSSR count). The highest BCUT2D eigenvalue weighted by atomic mass is 16.6. The summed E-state index contributed by atoms with van der Waals surface area (Å²) in [7, 11) is 3.21. The number of alkyl carbamates (subject to hydrolysis) is 1. The first-order valence-corrected chi connectivity index (χ1v) is 11.9. The molecule has 1 heterocycles. The van der Waals surface area contributed by atoms with E-state index in [4.69, 9.17) is 28.4 Å². The number of hydrogen-bond acceptors (Lipinski definition) is 8. The van der Waals surface area contributed by atoms with E-state index in [1.54, 1.807) is 35.0 Å². The number of epoxide rings is 1. The van der Waals surface area contributed by atoms with E-state index in [1.807, 2.05) is 48.5 Å². The Morgan fingerprint density at radius 1 is 1.00 bits per heavy atom. The van der Waals surface area contributed by atoms with E-state index in [1.165, 1.54) is 0 Å². The second-order valence-corrected chi connectivity index (χ2v) is 9.60. The van der Waals surface area contributed by atoms with Crippen molar-refractivity contribution in [1.82, 2.24) is 5.32 Å². The van der Waals surface area contributed by atoms with Gasteiger partial charge in [-0.1, -0.05) is 24.3 Å². The van der Waals surface area contributed by atoms with E-state index in [0.29, 0.717) is 13.2 Å². The molecule has 36 heavy (non-hydrogen) atoms. The van der Waals surface area contributed by atoms with Gasteiger partial charge in [-0.05, 0) is 56.2 Å². The molecule has 1 fully saturated rings. The lowest BCUT2D eigenvalue weighted by Gasteiger charge is -2.32. The SMILES string of the molecule is COc1ccc(COC[C@@H](NC(=O)OC(C)(C)C)[C@H](OCc2ccc(OC)cc2)[C@@H](O)[C@H]2CO2)cc1. The summed E-state index contributed by atoms with van der Waals surface area (Å²) in [5.41, 5.74) is 1.14. The van der Waals surface area contributed by atoms with E-state index in [2.05, 4.69) is 5.32 Å². The number of benzene rings is 2. The Morgan fingerprint density at radius 3 is 2.00 bits per heavy atom. The predicted octanol–water partition coefficient (Wildman–Crippen LogP) is 3.46. The van der Waals surface area contributed by atoms with E-state index < -0.39 is 29.9 Å². The maximum absolute atomic E-state index is 12.6. The van der Waals surface area contributed by atoms with Gasteiger partial charge in [-0.2, -0.15) is 0 Å². The summed E-state index contributed by atoms with van der Waals surface area (Å²) >= 11 is 0. The summed E-state index contributed by atoms with van der Waals surface area (Å²) in [6.45, 7) is 6.38. The van der Waals surface area contributed by atoms with E-state index >= 15 is 0 Å². The minimum absolute atomic E-state index is 0.0856. The molecule has 1 amide bonds. The lowest BCUT2D eigenvalue weighted by molar-refractivity contribution is -0.0875. The lowest BCUT2D eigenvalue weighted by Crippen LogP contribution is -2.54. The van der Waals surface area contributed by atoms with Crippen molar-refractivity contribution < 1.29 is 38.3 Å². The quantitative estimate of drug-likeness (QED) is 0.400. The number of methoxy groups -OCH3 is 2. The fourth-order valence-electron chi connectivity index (χ4n) is 3.53. The average Bonchev–Trinajstić information content (AvgIpc) is 3.69. The number of carbonyl (C=O) groups is 1. The largest absolute Gasteiger partial charge is 0.497 e. The molecule has 0 radical (unpaired) electrons. The van der Waals surface area contributed by atoms with E-state index in [0.717, 1.165) is 22.6 Å². The topological polar surface area (TPSA) is 108 Å². The molecule has 0 spiro atoms. The third-order valence-corrected chi connectivity index (χ3v) is 5.50. The van der Waals surface area contributed by atoms with Crippen LogP contribution in [0, 0.1) is 0 Å². The zero-order valence-corrected chi connectivity index (χ0v) is 21.6. The molecule has 1 aliphatic heterocycles. The van der Waals surface area contributed by atoms with Crippen LogP contribution in [0.25, 0.3) is 0 Å². The van der Waals surface area contributed by atoms with Gasteiger partial charge in [0.15, 0.2) is 0 Å². The number of carbonyl (C=O) groups excluding carboxylic acids is 1. The molecule has 0 aromatic heterocycles. The summed E-state index contributed by atoms with van der Waals surface area (Å²) in [5.74, 6) is 1.49. The smallest absolute Gasteiger partial charge is 0.408 e. The van der Waals surface area contributed by atoms with Crippen molar-refractivity contribution in [3.05, 3.63) is 59.7 Å². The van der Waals surface area contributed by atoms with Crippen LogP contribution in [0.5, 0.6) is 11.5 Å². The Hall–Kier alpha value is -2.85. The molecule has 0 bridgehead atoms. The Morgan fingerprint density at radius 2 is 1.53 bits per heavy atom. The lowest BCUT2D eigenvalue weighted by atomic mass is 10.0. The predicted molar refractivity (Wildman–Crippen MR) is 133 cm³/mol. The summed E-state index contributed by atoms with van der Waals surface area (Å²) in [5, 5.41) is 13.8. The molecule has 1 saturated heterocycles. The fourth-order valence-corrected chi connectivity index (χ4v) is 3.53. The van der Waals surface area contributed by atoms with Crippen molar-refractivity contribution in [3.8, 4) is 11.5 Å². The van der Waals surface area contributed by atoms with Crippen LogP contribution >= 0.6 is 0 Å². The number of amides is 1. The van der Waals surface area contributed by atoms with Crippen molar-refractivity contribution in [3.63, 3.8) is 0 Å². The Balaban J connectivity index is 1.71. The maximum Gasteiger partial charge on any atom is 0.408 e. The molecule has 1 aliphatic rings. The highest BCUT2D eigenvalue weighted by Gasteiger charge is 2.42. The third-order valence-electron chi connectivity index (χ3n) is 5.50. The first-order valence-electron chi connectivity index (χ1n) is 11.9. The van der Waals surface area contributed by atoms with Crippen molar-refractivity contribution in [1.29, 1.82) is 0 Å². The van der Waals surface area contributed by atoms with Gasteiger partial charge in [-0.25, -0.2) is 4.79 Å². The molecule has 2 N–H and O–H groups in total. The Bertz CT molecular complexity index is 938. The Kier molecular flexibility index (Phi) is 9.95. The number of aliphatic hydroxyl groups excluding tert-OH is 1. The van der Waals surface area contributed by atoms with Crippen molar-refractivity contribution >= 4 is 6.09 Å². The number of ether oxygens (including phenoxy) is 6. The second kappa shape index (κ2) is 12.9. The second-order valence-electron chi connectivity index (χ2n) is 9.60. The van der Waals surface area contributed by atoms with Gasteiger partial charge in [-0.15, -0.1) is 0 Å². The summed E-state index contributed by atoms with van der Waals surface area (Å²) in [4.78, 5) is 12.6. The first-order chi connectivity index (χ1) is 17.2. The molecule has 0 saturated carbocycles. The van der Waals surface area contributed by atoms with Crippen LogP contribution in [0.2, 0.25) is 0 Å².